The molecule has 0 bridgehead atoms. The van der Waals surface area contributed by atoms with Crippen molar-refractivity contribution in [1.82, 2.24) is 4.90 Å². The van der Waals surface area contributed by atoms with Crippen LogP contribution in [0, 0.1) is 17.8 Å². The number of hydrogen-bond acceptors (Lipinski definition) is 2. The van der Waals surface area contributed by atoms with Crippen molar-refractivity contribution in [1.29, 1.82) is 0 Å². The molecule has 0 aromatic rings. The second-order valence-corrected chi connectivity index (χ2v) is 5.22. The maximum Gasteiger partial charge on any atom is 0.149 e. The largest absolute Gasteiger partial charge is 0.298 e. The highest BCUT2D eigenvalue weighted by Crippen LogP contribution is 2.30. The zero-order valence-corrected chi connectivity index (χ0v) is 9.33. The molecule has 2 atom stereocenters. The molecule has 0 radical (unpaired) electrons. The minimum atomic E-state index is 0.435. The van der Waals surface area contributed by atoms with Crippen LogP contribution in [-0.2, 0) is 4.79 Å². The van der Waals surface area contributed by atoms with Crippen molar-refractivity contribution in [3.63, 3.8) is 0 Å². The number of hydrogen-bond donors (Lipinski definition) is 0. The number of Topliss-reactive ketones (excluding diaryl/α,β-unsaturated/α-hetero) is 1. The number of ketones is 1. The van der Waals surface area contributed by atoms with Crippen molar-refractivity contribution >= 4 is 5.78 Å². The lowest BCUT2D eigenvalue weighted by molar-refractivity contribution is -0.121. The third kappa shape index (κ3) is 2.35. The highest BCUT2D eigenvalue weighted by molar-refractivity contribution is 5.84. The smallest absolute Gasteiger partial charge is 0.149 e. The van der Waals surface area contributed by atoms with Gasteiger partial charge in [0.05, 0.1) is 6.54 Å². The fourth-order valence-electron chi connectivity index (χ4n) is 2.25. The minimum absolute atomic E-state index is 0.435. The van der Waals surface area contributed by atoms with Crippen LogP contribution in [-0.4, -0.2) is 30.3 Å². The average molecular weight is 195 g/mol. The molecule has 0 aromatic heterocycles. The Bertz CT molecular complexity index is 222. The second kappa shape index (κ2) is 4.01. The van der Waals surface area contributed by atoms with Crippen molar-refractivity contribution < 1.29 is 4.79 Å². The third-order valence-electron chi connectivity index (χ3n) is 3.83. The van der Waals surface area contributed by atoms with Crippen molar-refractivity contribution in [3.05, 3.63) is 0 Å². The van der Waals surface area contributed by atoms with Crippen LogP contribution in [0.2, 0.25) is 0 Å². The number of rotatable bonds is 3. The molecule has 0 amide bonds. The van der Waals surface area contributed by atoms with E-state index in [1.165, 1.54) is 6.42 Å². The van der Waals surface area contributed by atoms with E-state index in [0.717, 1.165) is 44.3 Å². The van der Waals surface area contributed by atoms with E-state index in [2.05, 4.69) is 18.7 Å². The highest BCUT2D eigenvalue weighted by Gasteiger charge is 2.32. The molecule has 1 aliphatic carbocycles. The number of carbonyl (C=O) groups excluding carboxylic acids is 1. The Morgan fingerprint density at radius 3 is 2.50 bits per heavy atom. The fraction of sp³-hybridized carbons (Fsp3) is 0.917. The molecule has 1 aliphatic heterocycles. The van der Waals surface area contributed by atoms with E-state index >= 15 is 0 Å². The van der Waals surface area contributed by atoms with E-state index < -0.39 is 0 Å². The van der Waals surface area contributed by atoms with E-state index in [9.17, 15) is 4.79 Å². The molecule has 80 valence electrons. The van der Waals surface area contributed by atoms with Gasteiger partial charge >= 0.3 is 0 Å². The van der Waals surface area contributed by atoms with Gasteiger partial charge in [0.2, 0.25) is 0 Å². The zero-order valence-electron chi connectivity index (χ0n) is 9.33. The first-order valence-electron chi connectivity index (χ1n) is 5.92. The first-order chi connectivity index (χ1) is 6.66. The summed E-state index contributed by atoms with van der Waals surface area (Å²) >= 11 is 0. The van der Waals surface area contributed by atoms with Crippen molar-refractivity contribution in [2.24, 2.45) is 17.8 Å². The summed E-state index contributed by atoms with van der Waals surface area (Å²) in [5.41, 5.74) is 0. The van der Waals surface area contributed by atoms with Gasteiger partial charge in [-0.1, -0.05) is 13.8 Å². The molecule has 2 aliphatic rings. The number of piperidine rings is 1. The van der Waals surface area contributed by atoms with Gasteiger partial charge in [0.15, 0.2) is 0 Å². The Morgan fingerprint density at radius 2 is 1.93 bits per heavy atom. The van der Waals surface area contributed by atoms with Gasteiger partial charge < -0.3 is 0 Å². The van der Waals surface area contributed by atoms with Crippen LogP contribution >= 0.6 is 0 Å². The Balaban J connectivity index is 1.78. The third-order valence-corrected chi connectivity index (χ3v) is 3.83. The molecule has 0 N–H and O–H groups in total. The molecule has 2 heteroatoms. The maximum atomic E-state index is 11.6. The Labute approximate surface area is 86.7 Å². The van der Waals surface area contributed by atoms with Crippen LogP contribution in [0.4, 0.5) is 0 Å². The van der Waals surface area contributed by atoms with Gasteiger partial charge in [0.1, 0.15) is 5.78 Å². The first-order valence-corrected chi connectivity index (χ1v) is 5.92. The van der Waals surface area contributed by atoms with Crippen LogP contribution in [0.25, 0.3) is 0 Å². The van der Waals surface area contributed by atoms with Gasteiger partial charge in [-0.25, -0.2) is 0 Å². The van der Waals surface area contributed by atoms with Crippen molar-refractivity contribution in [2.45, 2.75) is 33.1 Å². The van der Waals surface area contributed by atoms with Gasteiger partial charge in [0.25, 0.3) is 0 Å². The number of carbonyl (C=O) groups is 1. The molecule has 2 nitrogen and oxygen atoms in total. The molecule has 1 heterocycles. The topological polar surface area (TPSA) is 20.3 Å². The molecule has 0 aromatic carbocycles. The average Bonchev–Trinajstić information content (AvgIpc) is 2.94. The lowest BCUT2D eigenvalue weighted by Gasteiger charge is -2.34. The molecule has 2 rings (SSSR count). The van der Waals surface area contributed by atoms with Gasteiger partial charge in [0, 0.05) is 12.5 Å². The molecular weight excluding hydrogens is 174 g/mol. The Morgan fingerprint density at radius 1 is 1.21 bits per heavy atom. The number of likely N-dealkylation sites (tertiary alicyclic amines) is 1. The molecular formula is C12H21NO. The van der Waals surface area contributed by atoms with E-state index in [1.54, 1.807) is 0 Å². The van der Waals surface area contributed by atoms with Gasteiger partial charge in [-0.15, -0.1) is 0 Å². The minimum Gasteiger partial charge on any atom is -0.298 e. The molecule has 2 fully saturated rings. The van der Waals surface area contributed by atoms with Crippen LogP contribution in [0.1, 0.15) is 33.1 Å². The monoisotopic (exact) mass is 195 g/mol. The lowest BCUT2D eigenvalue weighted by atomic mass is 9.88. The van der Waals surface area contributed by atoms with E-state index in [1.807, 2.05) is 0 Å². The molecule has 2 unspecified atom stereocenters. The molecule has 1 saturated heterocycles. The molecule has 1 saturated carbocycles. The van der Waals surface area contributed by atoms with Crippen LogP contribution in [0.3, 0.4) is 0 Å². The standard InChI is InChI=1S/C12H21NO/c1-9-5-6-13(7-10(9)2)8-12(14)11-3-4-11/h9-11H,3-8H2,1-2H3. The summed E-state index contributed by atoms with van der Waals surface area (Å²) in [6.45, 7) is 7.61. The quantitative estimate of drug-likeness (QED) is 0.686. The zero-order chi connectivity index (χ0) is 10.1. The summed E-state index contributed by atoms with van der Waals surface area (Å²) in [6, 6.07) is 0. The molecule has 14 heavy (non-hydrogen) atoms. The fourth-order valence-corrected chi connectivity index (χ4v) is 2.25. The summed E-state index contributed by atoms with van der Waals surface area (Å²) in [4.78, 5) is 14.0. The SMILES string of the molecule is CC1CCN(CC(=O)C2CC2)CC1C. The summed E-state index contributed by atoms with van der Waals surface area (Å²) < 4.78 is 0. The number of nitrogens with zero attached hydrogens (tertiary/aromatic N) is 1. The van der Waals surface area contributed by atoms with Crippen molar-refractivity contribution in [3.8, 4) is 0 Å². The maximum absolute atomic E-state index is 11.6. The van der Waals surface area contributed by atoms with E-state index in [4.69, 9.17) is 0 Å². The van der Waals surface area contributed by atoms with Crippen LogP contribution < -0.4 is 0 Å². The summed E-state index contributed by atoms with van der Waals surface area (Å²) in [5, 5.41) is 0. The van der Waals surface area contributed by atoms with Crippen LogP contribution in [0.15, 0.2) is 0 Å². The van der Waals surface area contributed by atoms with Gasteiger partial charge in [-0.3, -0.25) is 9.69 Å². The summed E-state index contributed by atoms with van der Waals surface area (Å²) in [5.74, 6) is 2.52. The van der Waals surface area contributed by atoms with Crippen LogP contribution in [0.5, 0.6) is 0 Å². The normalized spacial score (nSPS) is 34.4. The van der Waals surface area contributed by atoms with E-state index in [-0.39, 0.29) is 0 Å². The predicted octanol–water partition coefficient (Wildman–Crippen LogP) is 1.94. The Kier molecular flexibility index (Phi) is 2.91. The summed E-state index contributed by atoms with van der Waals surface area (Å²) in [7, 11) is 0. The van der Waals surface area contributed by atoms with Crippen molar-refractivity contribution in [2.75, 3.05) is 19.6 Å². The molecule has 0 spiro atoms. The van der Waals surface area contributed by atoms with Gasteiger partial charge in [-0.05, 0) is 37.6 Å². The first kappa shape index (κ1) is 10.2. The summed E-state index contributed by atoms with van der Waals surface area (Å²) in [6.07, 6.45) is 3.57. The Hall–Kier alpha value is -0.370. The van der Waals surface area contributed by atoms with E-state index in [0.29, 0.717) is 11.7 Å². The second-order valence-electron chi connectivity index (χ2n) is 5.22. The highest BCUT2D eigenvalue weighted by atomic mass is 16.1. The van der Waals surface area contributed by atoms with Gasteiger partial charge in [-0.2, -0.15) is 0 Å². The predicted molar refractivity (Wildman–Crippen MR) is 57.1 cm³/mol. The lowest BCUT2D eigenvalue weighted by Crippen LogP contribution is -2.41.